The average Bonchev–Trinajstić information content (AvgIpc) is 2.90. The molecule has 0 saturated carbocycles. The Morgan fingerprint density at radius 2 is 2.05 bits per heavy atom. The number of likely N-dealkylation sites (tertiary alicyclic amines) is 1. The van der Waals surface area contributed by atoms with Gasteiger partial charge in [-0.05, 0) is 41.8 Å². The van der Waals surface area contributed by atoms with Gasteiger partial charge in [0, 0.05) is 19.5 Å². The summed E-state index contributed by atoms with van der Waals surface area (Å²) in [6, 6.07) is 8.64. The molecule has 1 heterocycles. The van der Waals surface area contributed by atoms with Crippen molar-refractivity contribution in [2.45, 2.75) is 46.0 Å². The van der Waals surface area contributed by atoms with Crippen LogP contribution in [0, 0.1) is 5.41 Å². The smallest absolute Gasteiger partial charge is 0.223 e. The number of carbonyl (C=O) groups excluding carboxylic acids is 1. The first-order valence-electron chi connectivity index (χ1n) is 8.04. The van der Waals surface area contributed by atoms with E-state index in [0.29, 0.717) is 13.0 Å². The number of amides is 1. The number of nitrogens with zero attached hydrogens (tertiary/aromatic N) is 1. The lowest BCUT2D eigenvalue weighted by molar-refractivity contribution is -0.130. The van der Waals surface area contributed by atoms with Crippen molar-refractivity contribution in [3.63, 3.8) is 0 Å². The van der Waals surface area contributed by atoms with Gasteiger partial charge in [0.15, 0.2) is 0 Å². The van der Waals surface area contributed by atoms with Crippen LogP contribution < -0.4 is 5.73 Å². The van der Waals surface area contributed by atoms with E-state index in [1.54, 1.807) is 0 Å². The molecule has 2 atom stereocenters. The second-order valence-corrected chi connectivity index (χ2v) is 6.78. The first-order chi connectivity index (χ1) is 9.97. The SMILES string of the molecule is CCc1ccc(C(C)CC(=O)N2CCC(C)(CN)C2)cc1. The minimum Gasteiger partial charge on any atom is -0.342 e. The Morgan fingerprint density at radius 3 is 2.57 bits per heavy atom. The van der Waals surface area contributed by atoms with Gasteiger partial charge in [0.05, 0.1) is 0 Å². The second-order valence-electron chi connectivity index (χ2n) is 6.78. The molecule has 1 aromatic carbocycles. The van der Waals surface area contributed by atoms with E-state index in [4.69, 9.17) is 5.73 Å². The summed E-state index contributed by atoms with van der Waals surface area (Å²) < 4.78 is 0. The lowest BCUT2D eigenvalue weighted by Crippen LogP contribution is -2.34. The third-order valence-electron chi connectivity index (χ3n) is 4.84. The number of aryl methyl sites for hydroxylation is 1. The highest BCUT2D eigenvalue weighted by atomic mass is 16.2. The summed E-state index contributed by atoms with van der Waals surface area (Å²) in [6.45, 7) is 8.79. The Morgan fingerprint density at radius 1 is 1.38 bits per heavy atom. The zero-order valence-electron chi connectivity index (χ0n) is 13.6. The van der Waals surface area contributed by atoms with Gasteiger partial charge in [0.2, 0.25) is 5.91 Å². The summed E-state index contributed by atoms with van der Waals surface area (Å²) in [5, 5.41) is 0. The van der Waals surface area contributed by atoms with Crippen molar-refractivity contribution in [1.82, 2.24) is 4.90 Å². The fraction of sp³-hybridized carbons (Fsp3) is 0.611. The minimum atomic E-state index is 0.113. The molecular formula is C18H28N2O. The maximum Gasteiger partial charge on any atom is 0.223 e. The summed E-state index contributed by atoms with van der Waals surface area (Å²) in [4.78, 5) is 14.4. The van der Waals surface area contributed by atoms with Crippen LogP contribution in [0.5, 0.6) is 0 Å². The number of benzene rings is 1. The molecule has 2 unspecified atom stereocenters. The van der Waals surface area contributed by atoms with Crippen LogP contribution in [-0.2, 0) is 11.2 Å². The zero-order chi connectivity index (χ0) is 15.5. The predicted octanol–water partition coefficient (Wildman–Crippen LogP) is 2.94. The summed E-state index contributed by atoms with van der Waals surface area (Å²) in [7, 11) is 0. The molecule has 3 nitrogen and oxygen atoms in total. The van der Waals surface area contributed by atoms with Crippen LogP contribution in [0.2, 0.25) is 0 Å². The van der Waals surface area contributed by atoms with Crippen molar-refractivity contribution in [1.29, 1.82) is 0 Å². The van der Waals surface area contributed by atoms with E-state index in [1.165, 1.54) is 11.1 Å². The summed E-state index contributed by atoms with van der Waals surface area (Å²) in [5.74, 6) is 0.535. The molecule has 0 aliphatic carbocycles. The molecule has 0 radical (unpaired) electrons. The molecule has 1 aliphatic rings. The van der Waals surface area contributed by atoms with Crippen LogP contribution in [0.4, 0.5) is 0 Å². The molecule has 116 valence electrons. The third-order valence-corrected chi connectivity index (χ3v) is 4.84. The normalized spacial score (nSPS) is 23.3. The standard InChI is InChI=1S/C18H28N2O/c1-4-15-5-7-16(8-6-15)14(2)11-17(21)20-10-9-18(3,12-19)13-20/h5-8,14H,4,9-13,19H2,1-3H3. The van der Waals surface area contributed by atoms with E-state index in [-0.39, 0.29) is 17.2 Å². The van der Waals surface area contributed by atoms with Gasteiger partial charge in [-0.1, -0.05) is 45.0 Å². The lowest BCUT2D eigenvalue weighted by Gasteiger charge is -2.23. The van der Waals surface area contributed by atoms with Crippen LogP contribution in [0.25, 0.3) is 0 Å². The topological polar surface area (TPSA) is 46.3 Å². The lowest BCUT2D eigenvalue weighted by atomic mass is 9.90. The molecule has 21 heavy (non-hydrogen) atoms. The van der Waals surface area contributed by atoms with Crippen molar-refractivity contribution in [3.05, 3.63) is 35.4 Å². The Kier molecular flexibility index (Phi) is 5.04. The maximum absolute atomic E-state index is 12.4. The van der Waals surface area contributed by atoms with Crippen molar-refractivity contribution >= 4 is 5.91 Å². The minimum absolute atomic E-state index is 0.113. The van der Waals surface area contributed by atoms with E-state index < -0.39 is 0 Å². The summed E-state index contributed by atoms with van der Waals surface area (Å²) in [6.07, 6.45) is 2.67. The molecule has 1 aromatic rings. The fourth-order valence-corrected chi connectivity index (χ4v) is 2.99. The van der Waals surface area contributed by atoms with Gasteiger partial charge in [-0.15, -0.1) is 0 Å². The van der Waals surface area contributed by atoms with E-state index >= 15 is 0 Å². The van der Waals surface area contributed by atoms with Gasteiger partial charge in [-0.3, -0.25) is 4.79 Å². The molecule has 1 fully saturated rings. The van der Waals surface area contributed by atoms with Gasteiger partial charge in [-0.2, -0.15) is 0 Å². The number of hydrogen-bond acceptors (Lipinski definition) is 2. The van der Waals surface area contributed by atoms with Crippen molar-refractivity contribution in [3.8, 4) is 0 Å². The summed E-state index contributed by atoms with van der Waals surface area (Å²) >= 11 is 0. The van der Waals surface area contributed by atoms with Gasteiger partial charge in [0.25, 0.3) is 0 Å². The molecule has 1 amide bonds. The zero-order valence-corrected chi connectivity index (χ0v) is 13.6. The van der Waals surface area contributed by atoms with Crippen molar-refractivity contribution in [2.75, 3.05) is 19.6 Å². The Hall–Kier alpha value is -1.35. The third kappa shape index (κ3) is 3.85. The van der Waals surface area contributed by atoms with Gasteiger partial charge in [0.1, 0.15) is 0 Å². The molecule has 0 bridgehead atoms. The van der Waals surface area contributed by atoms with Crippen LogP contribution in [0.15, 0.2) is 24.3 Å². The average molecular weight is 288 g/mol. The highest BCUT2D eigenvalue weighted by molar-refractivity contribution is 5.77. The van der Waals surface area contributed by atoms with Crippen LogP contribution in [0.3, 0.4) is 0 Å². The van der Waals surface area contributed by atoms with E-state index in [2.05, 4.69) is 45.0 Å². The predicted molar refractivity (Wildman–Crippen MR) is 87.2 cm³/mol. The molecular weight excluding hydrogens is 260 g/mol. The summed E-state index contributed by atoms with van der Waals surface area (Å²) in [5.41, 5.74) is 8.52. The number of nitrogens with two attached hydrogens (primary N) is 1. The molecule has 2 N–H and O–H groups in total. The van der Waals surface area contributed by atoms with Gasteiger partial charge < -0.3 is 10.6 Å². The highest BCUT2D eigenvalue weighted by Gasteiger charge is 2.34. The molecule has 0 spiro atoms. The molecule has 3 heteroatoms. The fourth-order valence-electron chi connectivity index (χ4n) is 2.99. The quantitative estimate of drug-likeness (QED) is 0.905. The van der Waals surface area contributed by atoms with Gasteiger partial charge >= 0.3 is 0 Å². The van der Waals surface area contributed by atoms with Crippen LogP contribution >= 0.6 is 0 Å². The Labute approximate surface area is 128 Å². The van der Waals surface area contributed by atoms with Crippen LogP contribution in [0.1, 0.15) is 50.7 Å². The van der Waals surface area contributed by atoms with Crippen molar-refractivity contribution in [2.24, 2.45) is 11.1 Å². The number of rotatable bonds is 5. The molecule has 0 aromatic heterocycles. The molecule has 1 aliphatic heterocycles. The number of hydrogen-bond donors (Lipinski definition) is 1. The first kappa shape index (κ1) is 16.0. The van der Waals surface area contributed by atoms with E-state index in [9.17, 15) is 4.79 Å². The van der Waals surface area contributed by atoms with Crippen LogP contribution in [-0.4, -0.2) is 30.4 Å². The van der Waals surface area contributed by atoms with Crippen molar-refractivity contribution < 1.29 is 4.79 Å². The molecule has 2 rings (SSSR count). The maximum atomic E-state index is 12.4. The number of carbonyl (C=O) groups is 1. The van der Waals surface area contributed by atoms with E-state index in [0.717, 1.165) is 25.9 Å². The molecule has 1 saturated heterocycles. The monoisotopic (exact) mass is 288 g/mol. The first-order valence-corrected chi connectivity index (χ1v) is 8.04. The van der Waals surface area contributed by atoms with Gasteiger partial charge in [-0.25, -0.2) is 0 Å². The van der Waals surface area contributed by atoms with E-state index in [1.807, 2.05) is 4.90 Å². The highest BCUT2D eigenvalue weighted by Crippen LogP contribution is 2.30. The second kappa shape index (κ2) is 6.61. The largest absolute Gasteiger partial charge is 0.342 e. The Bertz CT molecular complexity index is 482. The Balaban J connectivity index is 1.93.